The van der Waals surface area contributed by atoms with Crippen LogP contribution in [0.15, 0.2) is 90.4 Å². The van der Waals surface area contributed by atoms with E-state index in [-0.39, 0.29) is 18.9 Å². The van der Waals surface area contributed by atoms with Crippen LogP contribution in [0, 0.1) is 6.92 Å². The number of morpholine rings is 1. The SMILES string of the molecule is Cc1cc(-c2cccc(CCN3CCOCC3)c2)ccc1CN(C=O)CC(=O)Nc1nccs1.NC=O.c1ccccc1. The predicted molar refractivity (Wildman–Crippen MR) is 171 cm³/mol. The van der Waals surface area contributed by atoms with E-state index in [0.717, 1.165) is 56.0 Å². The van der Waals surface area contributed by atoms with Gasteiger partial charge in [-0.05, 0) is 41.2 Å². The fraction of sp³-hybridized carbons (Fsp3) is 0.273. The number of anilines is 1. The highest BCUT2D eigenvalue weighted by Crippen LogP contribution is 2.24. The van der Waals surface area contributed by atoms with Gasteiger partial charge in [-0.3, -0.25) is 19.3 Å². The predicted octanol–water partition coefficient (Wildman–Crippen LogP) is 4.38. The minimum atomic E-state index is -0.259. The van der Waals surface area contributed by atoms with Gasteiger partial charge < -0.3 is 20.7 Å². The molecule has 226 valence electrons. The molecule has 0 saturated carbocycles. The summed E-state index contributed by atoms with van der Waals surface area (Å²) >= 11 is 1.35. The molecule has 3 N–H and O–H groups in total. The first-order valence-corrected chi connectivity index (χ1v) is 14.9. The Hall–Kier alpha value is -4.38. The van der Waals surface area contributed by atoms with Gasteiger partial charge in [0.2, 0.25) is 18.7 Å². The lowest BCUT2D eigenvalue weighted by Crippen LogP contribution is -2.37. The van der Waals surface area contributed by atoms with E-state index < -0.39 is 0 Å². The second-order valence-electron chi connectivity index (χ2n) is 9.73. The number of rotatable bonds is 10. The van der Waals surface area contributed by atoms with Crippen molar-refractivity contribution in [3.05, 3.63) is 107 Å². The summed E-state index contributed by atoms with van der Waals surface area (Å²) in [4.78, 5) is 40.4. The molecule has 1 aliphatic heterocycles. The maximum atomic E-state index is 12.2. The van der Waals surface area contributed by atoms with E-state index in [1.165, 1.54) is 27.4 Å². The highest BCUT2D eigenvalue weighted by atomic mass is 32.1. The summed E-state index contributed by atoms with van der Waals surface area (Å²) in [6, 6.07) is 27.0. The highest BCUT2D eigenvalue weighted by molar-refractivity contribution is 7.13. The molecule has 3 aromatic carbocycles. The summed E-state index contributed by atoms with van der Waals surface area (Å²) in [6.07, 6.45) is 3.61. The van der Waals surface area contributed by atoms with Gasteiger partial charge in [-0.15, -0.1) is 11.3 Å². The third kappa shape index (κ3) is 12.2. The highest BCUT2D eigenvalue weighted by Gasteiger charge is 2.13. The first-order chi connectivity index (χ1) is 21.0. The molecule has 10 heteroatoms. The molecule has 3 amide bonds. The van der Waals surface area contributed by atoms with Gasteiger partial charge in [0, 0.05) is 37.8 Å². The molecule has 1 saturated heterocycles. The van der Waals surface area contributed by atoms with Crippen molar-refractivity contribution in [3.63, 3.8) is 0 Å². The average molecular weight is 602 g/mol. The second kappa shape index (κ2) is 18.9. The number of amides is 3. The monoisotopic (exact) mass is 601 g/mol. The van der Waals surface area contributed by atoms with Crippen molar-refractivity contribution in [1.82, 2.24) is 14.8 Å². The van der Waals surface area contributed by atoms with Crippen LogP contribution in [0.25, 0.3) is 11.1 Å². The summed E-state index contributed by atoms with van der Waals surface area (Å²) in [5.41, 5.74) is 9.92. The first-order valence-electron chi connectivity index (χ1n) is 14.1. The van der Waals surface area contributed by atoms with Crippen LogP contribution in [-0.4, -0.2) is 72.9 Å². The second-order valence-corrected chi connectivity index (χ2v) is 10.6. The van der Waals surface area contributed by atoms with Gasteiger partial charge >= 0.3 is 0 Å². The Labute approximate surface area is 257 Å². The van der Waals surface area contributed by atoms with E-state index in [2.05, 4.69) is 57.3 Å². The van der Waals surface area contributed by atoms with Gasteiger partial charge in [-0.2, -0.15) is 0 Å². The maximum Gasteiger partial charge on any atom is 0.245 e. The smallest absolute Gasteiger partial charge is 0.245 e. The Morgan fingerprint density at radius 2 is 1.70 bits per heavy atom. The lowest BCUT2D eigenvalue weighted by atomic mass is 9.97. The fourth-order valence-electron chi connectivity index (χ4n) is 4.43. The van der Waals surface area contributed by atoms with Crippen molar-refractivity contribution in [1.29, 1.82) is 0 Å². The number of hydrogen-bond acceptors (Lipinski definition) is 7. The Balaban J connectivity index is 0.000000486. The molecule has 2 heterocycles. The maximum absolute atomic E-state index is 12.2. The number of nitrogens with zero attached hydrogens (tertiary/aromatic N) is 3. The quantitative estimate of drug-likeness (QED) is 0.261. The number of benzene rings is 3. The lowest BCUT2D eigenvalue weighted by Gasteiger charge is -2.26. The van der Waals surface area contributed by atoms with Crippen LogP contribution in [0.5, 0.6) is 0 Å². The van der Waals surface area contributed by atoms with Crippen LogP contribution < -0.4 is 11.1 Å². The number of aromatic nitrogens is 1. The van der Waals surface area contributed by atoms with Crippen molar-refractivity contribution < 1.29 is 19.1 Å². The molecule has 1 aromatic heterocycles. The number of ether oxygens (including phenoxy) is 1. The van der Waals surface area contributed by atoms with Gasteiger partial charge in [0.15, 0.2) is 5.13 Å². The zero-order valence-electron chi connectivity index (χ0n) is 24.4. The molecule has 9 nitrogen and oxygen atoms in total. The number of carbonyl (C=O) groups excluding carboxylic acids is 3. The van der Waals surface area contributed by atoms with Crippen molar-refractivity contribution in [2.24, 2.45) is 5.73 Å². The summed E-state index contributed by atoms with van der Waals surface area (Å²) < 4.78 is 5.43. The molecule has 1 aliphatic rings. The third-order valence-electron chi connectivity index (χ3n) is 6.64. The Kier molecular flexibility index (Phi) is 14.6. The van der Waals surface area contributed by atoms with E-state index in [1.54, 1.807) is 11.6 Å². The molecule has 0 unspecified atom stereocenters. The van der Waals surface area contributed by atoms with E-state index >= 15 is 0 Å². The van der Waals surface area contributed by atoms with Gasteiger partial charge in [0.1, 0.15) is 6.54 Å². The lowest BCUT2D eigenvalue weighted by molar-refractivity contribution is -0.125. The van der Waals surface area contributed by atoms with Crippen LogP contribution in [0.4, 0.5) is 5.13 Å². The third-order valence-corrected chi connectivity index (χ3v) is 7.33. The number of thiazole rings is 1. The molecule has 1 fully saturated rings. The van der Waals surface area contributed by atoms with Gasteiger partial charge in [0.05, 0.1) is 13.2 Å². The standard InChI is InChI=1S/C26H30N4O3S.C6H6.CH3NO/c1-20-15-23(22-4-2-3-21(16-22)7-9-29-10-12-33-13-11-29)5-6-24(20)17-30(19-31)18-25(32)28-26-27-8-14-34-26;1-2-4-6-5-3-1;2-1-3/h2-6,8,14-16,19H,7,9-13,17-18H2,1H3,(H,27,28,32);1-6H;1H,(H2,2,3). The number of nitrogens with two attached hydrogens (primary N) is 1. The van der Waals surface area contributed by atoms with Gasteiger partial charge in [-0.1, -0.05) is 78.9 Å². The molecule has 0 atom stereocenters. The van der Waals surface area contributed by atoms with E-state index in [0.29, 0.717) is 18.1 Å². The molecular formula is C33H39N5O4S. The Bertz CT molecular complexity index is 1350. The van der Waals surface area contributed by atoms with Crippen molar-refractivity contribution in [2.75, 3.05) is 44.7 Å². The largest absolute Gasteiger partial charge is 0.379 e. The zero-order valence-corrected chi connectivity index (χ0v) is 25.2. The van der Waals surface area contributed by atoms with Gasteiger partial charge in [-0.25, -0.2) is 4.98 Å². The van der Waals surface area contributed by atoms with E-state index in [1.807, 2.05) is 49.4 Å². The molecule has 5 rings (SSSR count). The summed E-state index contributed by atoms with van der Waals surface area (Å²) in [7, 11) is 0. The topological polar surface area (TPSA) is 118 Å². The minimum absolute atomic E-state index is 0.0184. The molecule has 4 aromatic rings. The molecular weight excluding hydrogens is 562 g/mol. The zero-order chi connectivity index (χ0) is 30.7. The molecule has 0 aliphatic carbocycles. The van der Waals surface area contributed by atoms with Gasteiger partial charge in [0.25, 0.3) is 0 Å². The van der Waals surface area contributed by atoms with Crippen LogP contribution in [0.2, 0.25) is 0 Å². The van der Waals surface area contributed by atoms with Crippen molar-refractivity contribution in [3.8, 4) is 11.1 Å². The Morgan fingerprint density at radius 1 is 1.02 bits per heavy atom. The Morgan fingerprint density at radius 3 is 2.30 bits per heavy atom. The van der Waals surface area contributed by atoms with Crippen LogP contribution in [0.1, 0.15) is 16.7 Å². The molecule has 43 heavy (non-hydrogen) atoms. The molecule has 0 radical (unpaired) electrons. The number of nitrogens with one attached hydrogen (secondary N) is 1. The summed E-state index contributed by atoms with van der Waals surface area (Å²) in [5, 5.41) is 5.03. The van der Waals surface area contributed by atoms with Crippen LogP contribution in [0.3, 0.4) is 0 Å². The number of primary amides is 1. The van der Waals surface area contributed by atoms with Crippen molar-refractivity contribution in [2.45, 2.75) is 19.9 Å². The summed E-state index contributed by atoms with van der Waals surface area (Å²) in [6.45, 7) is 7.10. The molecule has 0 spiro atoms. The van der Waals surface area contributed by atoms with Crippen LogP contribution in [-0.2, 0) is 32.1 Å². The minimum Gasteiger partial charge on any atom is -0.379 e. The number of carbonyl (C=O) groups is 3. The van der Waals surface area contributed by atoms with E-state index in [4.69, 9.17) is 9.53 Å². The van der Waals surface area contributed by atoms with Crippen LogP contribution >= 0.6 is 11.3 Å². The van der Waals surface area contributed by atoms with E-state index in [9.17, 15) is 9.59 Å². The summed E-state index contributed by atoms with van der Waals surface area (Å²) in [5.74, 6) is -0.259. The fourth-order valence-corrected chi connectivity index (χ4v) is 4.98. The first kappa shape index (κ1) is 33.1. The number of aryl methyl sites for hydroxylation is 1. The number of hydrogen-bond donors (Lipinski definition) is 2. The molecule has 0 bridgehead atoms. The normalized spacial score (nSPS) is 12.5. The average Bonchev–Trinajstić information content (AvgIpc) is 3.55. The van der Waals surface area contributed by atoms with Crippen molar-refractivity contribution >= 4 is 35.2 Å².